The minimum absolute atomic E-state index is 0.0833. The van der Waals surface area contributed by atoms with Crippen molar-refractivity contribution in [1.29, 1.82) is 0 Å². The summed E-state index contributed by atoms with van der Waals surface area (Å²) < 4.78 is 0. The first kappa shape index (κ1) is 33.6. The van der Waals surface area contributed by atoms with E-state index in [2.05, 4.69) is 57.9 Å². The van der Waals surface area contributed by atoms with E-state index < -0.39 is 23.9 Å². The average Bonchev–Trinajstić information content (AvgIpc) is 2.87. The van der Waals surface area contributed by atoms with Crippen molar-refractivity contribution in [1.82, 2.24) is 0 Å². The molecule has 0 saturated carbocycles. The maximum absolute atomic E-state index is 10.3. The zero-order valence-corrected chi connectivity index (χ0v) is 20.4. The van der Waals surface area contributed by atoms with Gasteiger partial charge >= 0.3 is 23.9 Å². The van der Waals surface area contributed by atoms with Crippen LogP contribution in [0.25, 0.3) is 0 Å². The highest BCUT2D eigenvalue weighted by atomic mass is 32.1. The molecule has 0 aliphatic rings. The molecule has 0 aliphatic carbocycles. The van der Waals surface area contributed by atoms with E-state index in [-0.39, 0.29) is 22.3 Å². The quantitative estimate of drug-likeness (QED) is 0.212. The highest BCUT2D eigenvalue weighted by molar-refractivity contribution is 7.78. The van der Waals surface area contributed by atoms with Crippen LogP contribution in [0.4, 0.5) is 0 Å². The van der Waals surface area contributed by atoms with Gasteiger partial charge in [0.1, 0.15) is 0 Å². The van der Waals surface area contributed by atoms with Gasteiger partial charge in [-0.1, -0.05) is 12.2 Å². The summed E-state index contributed by atoms with van der Waals surface area (Å²) in [4.78, 5) is 48.4. The van der Waals surface area contributed by atoms with E-state index in [0.717, 1.165) is 0 Å². The number of hydrogen-bond acceptors (Lipinski definition) is 8. The molecule has 4 N–H and O–H groups in total. The number of hydrogen-bond donors (Lipinski definition) is 4. The molecule has 0 saturated heterocycles. The van der Waals surface area contributed by atoms with Gasteiger partial charge in [-0.3, -0.25) is 0 Å². The van der Waals surface area contributed by atoms with Crippen LogP contribution in [-0.4, -0.2) is 67.7 Å². The van der Waals surface area contributed by atoms with E-state index in [1.165, 1.54) is 48.5 Å². The second kappa shape index (κ2) is 21.0. The minimum atomic E-state index is -1.06. The molecule has 2 rings (SSSR count). The van der Waals surface area contributed by atoms with Gasteiger partial charge < -0.3 is 20.4 Å². The fourth-order valence-electron chi connectivity index (χ4n) is 1.71. The number of carbonyl (C=O) groups is 4. The van der Waals surface area contributed by atoms with Crippen molar-refractivity contribution in [2.45, 2.75) is 0 Å². The number of rotatable bonds is 8. The molecule has 0 aromatic heterocycles. The number of nitrogens with zero attached hydrogens (tertiary/aromatic N) is 2. The molecule has 0 fully saturated rings. The summed E-state index contributed by atoms with van der Waals surface area (Å²) in [7, 11) is 0. The average molecular weight is 531 g/mol. The van der Waals surface area contributed by atoms with Crippen LogP contribution in [-0.2, 0) is 0 Å². The van der Waals surface area contributed by atoms with E-state index in [4.69, 9.17) is 20.4 Å². The van der Waals surface area contributed by atoms with E-state index in [1.54, 1.807) is 12.2 Å². The maximum Gasteiger partial charge on any atom is 0.335 e. The van der Waals surface area contributed by atoms with E-state index in [0.29, 0.717) is 13.1 Å². The lowest BCUT2D eigenvalue weighted by Crippen LogP contribution is -1.99. The summed E-state index contributed by atoms with van der Waals surface area (Å²) >= 11 is 8.51. The van der Waals surface area contributed by atoms with Crippen LogP contribution in [0.15, 0.2) is 83.8 Å². The van der Waals surface area contributed by atoms with Crippen molar-refractivity contribution >= 4 is 58.6 Å². The number of isothiocyanates is 2. The molecular weight excluding hydrogens is 508 g/mol. The summed E-state index contributed by atoms with van der Waals surface area (Å²) in [6.45, 7) is 8.01. The molecule has 2 aromatic rings. The molecule has 0 spiro atoms. The number of thiocarbonyl (C=S) groups is 2. The summed E-state index contributed by atoms with van der Waals surface area (Å²) in [5.74, 6) is -4.25. The smallest absolute Gasteiger partial charge is 0.335 e. The third kappa shape index (κ3) is 17.0. The molecule has 0 aliphatic heterocycles. The van der Waals surface area contributed by atoms with Crippen molar-refractivity contribution in [2.24, 2.45) is 9.98 Å². The zero-order valence-electron chi connectivity index (χ0n) is 18.7. The predicted octanol–water partition coefficient (Wildman–Crippen LogP) is 4.72. The van der Waals surface area contributed by atoms with Gasteiger partial charge in [-0.2, -0.15) is 0 Å². The first-order chi connectivity index (χ1) is 17.0. The van der Waals surface area contributed by atoms with Crippen LogP contribution in [0.3, 0.4) is 0 Å². The third-order valence-corrected chi connectivity index (χ3v) is 3.59. The molecule has 12 heteroatoms. The van der Waals surface area contributed by atoms with Crippen LogP contribution in [0, 0.1) is 0 Å². The molecular formula is C24H22N2O8S2. The summed E-state index contributed by atoms with van der Waals surface area (Å²) in [5, 5.41) is 38.3. The second-order valence-electron chi connectivity index (χ2n) is 5.82. The lowest BCUT2D eigenvalue weighted by molar-refractivity contribution is 0.0681. The SMILES string of the molecule is C=CCN=C=S.C=CCN=C=S.O=C(O)c1ccc(C(=O)O)cc1.O=C(O)c1ccc(C(=O)O)cc1. The summed E-state index contributed by atoms with van der Waals surface area (Å²) in [5.41, 5.74) is 0.333. The number of aromatic carboxylic acids is 4. The Morgan fingerprint density at radius 1 is 0.611 bits per heavy atom. The van der Waals surface area contributed by atoms with Crippen molar-refractivity contribution in [3.63, 3.8) is 0 Å². The number of aliphatic imine (C=N–C) groups is 2. The standard InChI is InChI=1S/2C8H6O4.2C4H5NS/c2*9-7(10)5-1-2-6(4-3-5)8(11)12;2*1-2-3-5-4-6/h2*1-4H,(H,9,10)(H,11,12);2*2H,1,3H2. The van der Waals surface area contributed by atoms with Crippen LogP contribution >= 0.6 is 24.4 Å². The largest absolute Gasteiger partial charge is 0.478 e. The lowest BCUT2D eigenvalue weighted by atomic mass is 10.1. The van der Waals surface area contributed by atoms with E-state index in [9.17, 15) is 19.2 Å². The van der Waals surface area contributed by atoms with Crippen molar-refractivity contribution in [3.8, 4) is 0 Å². The van der Waals surface area contributed by atoms with Crippen LogP contribution in [0.5, 0.6) is 0 Å². The van der Waals surface area contributed by atoms with Crippen molar-refractivity contribution in [2.75, 3.05) is 13.1 Å². The molecule has 0 amide bonds. The topological polar surface area (TPSA) is 174 Å². The van der Waals surface area contributed by atoms with Gasteiger partial charge in [-0.15, -0.1) is 13.2 Å². The lowest BCUT2D eigenvalue weighted by Gasteiger charge is -1.94. The van der Waals surface area contributed by atoms with Crippen molar-refractivity contribution in [3.05, 3.63) is 96.1 Å². The number of carboxylic acid groups (broad SMARTS) is 4. The Labute approximate surface area is 217 Å². The van der Waals surface area contributed by atoms with Gasteiger partial charge in [0.2, 0.25) is 0 Å². The molecule has 188 valence electrons. The van der Waals surface area contributed by atoms with Crippen molar-refractivity contribution < 1.29 is 39.6 Å². The molecule has 36 heavy (non-hydrogen) atoms. The molecule has 0 bridgehead atoms. The van der Waals surface area contributed by atoms with E-state index in [1.807, 2.05) is 0 Å². The van der Waals surface area contributed by atoms with Crippen LogP contribution < -0.4 is 0 Å². The second-order valence-corrected chi connectivity index (χ2v) is 6.18. The Morgan fingerprint density at radius 2 is 0.806 bits per heavy atom. The monoisotopic (exact) mass is 530 g/mol. The van der Waals surface area contributed by atoms with Gasteiger partial charge in [0.25, 0.3) is 0 Å². The summed E-state index contributed by atoms with van der Waals surface area (Å²) in [6.07, 6.45) is 3.33. The Hall–Kier alpha value is -4.60. The summed E-state index contributed by atoms with van der Waals surface area (Å²) in [6, 6.07) is 10.0. The van der Waals surface area contributed by atoms with Crippen LogP contribution in [0.2, 0.25) is 0 Å². The predicted molar refractivity (Wildman–Crippen MR) is 141 cm³/mol. The Morgan fingerprint density at radius 3 is 0.889 bits per heavy atom. The first-order valence-corrected chi connectivity index (χ1v) is 10.3. The Kier molecular flexibility index (Phi) is 19.6. The Bertz CT molecular complexity index is 976. The molecule has 0 atom stereocenters. The third-order valence-electron chi connectivity index (χ3n) is 3.33. The van der Waals surface area contributed by atoms with E-state index >= 15 is 0 Å². The van der Waals surface area contributed by atoms with Gasteiger partial charge in [0.05, 0.1) is 45.7 Å². The molecule has 0 radical (unpaired) electrons. The Balaban J connectivity index is 0. The normalized spacial score (nSPS) is 8.22. The molecule has 2 aromatic carbocycles. The fraction of sp³-hybridized carbons (Fsp3) is 0.0833. The highest BCUT2D eigenvalue weighted by Gasteiger charge is 2.05. The number of carboxylic acids is 4. The number of benzene rings is 2. The minimum Gasteiger partial charge on any atom is -0.478 e. The zero-order chi connectivity index (χ0) is 27.9. The van der Waals surface area contributed by atoms with Gasteiger partial charge in [-0.05, 0) is 73.0 Å². The fourth-order valence-corrected chi connectivity index (χ4v) is 1.86. The van der Waals surface area contributed by atoms with Gasteiger partial charge in [-0.25, -0.2) is 29.2 Å². The van der Waals surface area contributed by atoms with Gasteiger partial charge in [0, 0.05) is 0 Å². The first-order valence-electron chi connectivity index (χ1n) is 9.47. The highest BCUT2D eigenvalue weighted by Crippen LogP contribution is 2.04. The maximum atomic E-state index is 10.3. The molecule has 0 unspecified atom stereocenters. The molecule has 0 heterocycles. The van der Waals surface area contributed by atoms with Gasteiger partial charge in [0.15, 0.2) is 0 Å². The molecule has 10 nitrogen and oxygen atoms in total. The van der Waals surface area contributed by atoms with Crippen LogP contribution in [0.1, 0.15) is 41.4 Å².